The molecule has 0 heterocycles. The maximum Gasteiger partial charge on any atom is 0.339 e. The van der Waals surface area contributed by atoms with Crippen LogP contribution in [0.5, 0.6) is 0 Å². The first-order valence-electron chi connectivity index (χ1n) is 8.77. The van der Waals surface area contributed by atoms with Gasteiger partial charge in [0.15, 0.2) is 6.61 Å². The minimum absolute atomic E-state index is 0.0318. The van der Waals surface area contributed by atoms with E-state index in [1.165, 1.54) is 0 Å². The van der Waals surface area contributed by atoms with Crippen LogP contribution in [0.15, 0.2) is 53.4 Å². The summed E-state index contributed by atoms with van der Waals surface area (Å²) in [5.74, 6) is -0.693. The van der Waals surface area contributed by atoms with Gasteiger partial charge in [-0.2, -0.15) is 0 Å². The third-order valence-electron chi connectivity index (χ3n) is 3.98. The van der Waals surface area contributed by atoms with E-state index in [2.05, 4.69) is 26.1 Å². The van der Waals surface area contributed by atoms with E-state index in [1.807, 2.05) is 24.3 Å². The average Bonchev–Trinajstić information content (AvgIpc) is 2.65. The minimum atomic E-state index is -1.28. The Morgan fingerprint density at radius 1 is 1.04 bits per heavy atom. The zero-order valence-electron chi connectivity index (χ0n) is 16.1. The highest BCUT2D eigenvalue weighted by Gasteiger charge is 2.17. The molecule has 0 spiro atoms. The van der Waals surface area contributed by atoms with Crippen LogP contribution in [-0.4, -0.2) is 28.4 Å². The summed E-state index contributed by atoms with van der Waals surface area (Å²) in [5, 5.41) is 2.70. The summed E-state index contributed by atoms with van der Waals surface area (Å²) < 4.78 is 17.1. The van der Waals surface area contributed by atoms with Gasteiger partial charge in [-0.05, 0) is 35.2 Å². The van der Waals surface area contributed by atoms with Crippen molar-refractivity contribution in [1.29, 1.82) is 0 Å². The van der Waals surface area contributed by atoms with E-state index in [0.717, 1.165) is 5.56 Å². The molecule has 1 atom stereocenters. The third-order valence-corrected chi connectivity index (χ3v) is 5.35. The van der Waals surface area contributed by atoms with Crippen molar-refractivity contribution in [1.82, 2.24) is 0 Å². The summed E-state index contributed by atoms with van der Waals surface area (Å²) in [6.07, 6.45) is 0. The Balaban J connectivity index is 1.96. The van der Waals surface area contributed by atoms with E-state index in [1.54, 1.807) is 31.2 Å². The van der Waals surface area contributed by atoms with E-state index in [4.69, 9.17) is 4.74 Å². The summed E-state index contributed by atoms with van der Waals surface area (Å²) in [4.78, 5) is 24.7. The number of esters is 1. The zero-order chi connectivity index (χ0) is 20.0. The largest absolute Gasteiger partial charge is 0.452 e. The van der Waals surface area contributed by atoms with Gasteiger partial charge in [-0.15, -0.1) is 0 Å². The number of ether oxygens (including phenoxy) is 1. The van der Waals surface area contributed by atoms with E-state index in [0.29, 0.717) is 16.3 Å². The van der Waals surface area contributed by atoms with Crippen LogP contribution in [0.3, 0.4) is 0 Å². The fourth-order valence-corrected chi connectivity index (χ4v) is 3.39. The molecule has 0 saturated carbocycles. The van der Waals surface area contributed by atoms with Crippen molar-refractivity contribution in [2.45, 2.75) is 38.0 Å². The van der Waals surface area contributed by atoms with E-state index in [-0.39, 0.29) is 11.0 Å². The number of rotatable bonds is 6. The normalized spacial score (nSPS) is 12.3. The molecule has 0 aliphatic carbocycles. The van der Waals surface area contributed by atoms with Gasteiger partial charge < -0.3 is 10.1 Å². The quantitative estimate of drug-likeness (QED) is 0.763. The van der Waals surface area contributed by atoms with Crippen LogP contribution in [0.2, 0.25) is 0 Å². The van der Waals surface area contributed by atoms with Crippen molar-refractivity contribution in [3.63, 3.8) is 0 Å². The molecule has 6 heteroatoms. The standard InChI is InChI=1S/C21H25NO4S/c1-5-27(25)18-9-7-6-8-17(18)20(24)26-14-19(23)22-16-12-10-15(11-13-16)21(2,3)4/h6-13H,5,14H2,1-4H3,(H,22,23)/t27-/m1/s1. The number of carbonyl (C=O) groups excluding carboxylic acids is 2. The summed E-state index contributed by atoms with van der Waals surface area (Å²) >= 11 is 0. The second kappa shape index (κ2) is 8.95. The minimum Gasteiger partial charge on any atom is -0.452 e. The summed E-state index contributed by atoms with van der Waals surface area (Å²) in [7, 11) is -1.28. The van der Waals surface area contributed by atoms with E-state index >= 15 is 0 Å². The lowest BCUT2D eigenvalue weighted by atomic mass is 9.87. The smallest absolute Gasteiger partial charge is 0.339 e. The molecule has 2 aromatic carbocycles. The van der Waals surface area contributed by atoms with Crippen molar-refractivity contribution >= 4 is 28.4 Å². The van der Waals surface area contributed by atoms with Crippen LogP contribution in [0.1, 0.15) is 43.6 Å². The maximum absolute atomic E-state index is 12.3. The van der Waals surface area contributed by atoms with Crippen molar-refractivity contribution in [2.75, 3.05) is 17.7 Å². The van der Waals surface area contributed by atoms with Gasteiger partial charge in [-0.1, -0.05) is 52.0 Å². The molecule has 0 aliphatic heterocycles. The van der Waals surface area contributed by atoms with Gasteiger partial charge in [0.2, 0.25) is 0 Å². The van der Waals surface area contributed by atoms with E-state index < -0.39 is 29.3 Å². The number of anilines is 1. The Morgan fingerprint density at radius 3 is 2.26 bits per heavy atom. The lowest BCUT2D eigenvalue weighted by Crippen LogP contribution is -2.21. The highest BCUT2D eigenvalue weighted by atomic mass is 32.2. The van der Waals surface area contributed by atoms with Crippen LogP contribution in [0, 0.1) is 0 Å². The number of amides is 1. The van der Waals surface area contributed by atoms with Gasteiger partial charge >= 0.3 is 5.97 Å². The molecule has 0 unspecified atom stereocenters. The van der Waals surface area contributed by atoms with Crippen molar-refractivity contribution < 1.29 is 18.5 Å². The Bertz CT molecular complexity index is 838. The summed E-state index contributed by atoms with van der Waals surface area (Å²) in [6, 6.07) is 14.1. The van der Waals surface area contributed by atoms with Gasteiger partial charge in [-0.25, -0.2) is 4.79 Å². The molecule has 0 aliphatic rings. The lowest BCUT2D eigenvalue weighted by Gasteiger charge is -2.19. The monoisotopic (exact) mass is 387 g/mol. The molecule has 2 rings (SSSR count). The molecule has 2 aromatic rings. The van der Waals surface area contributed by atoms with Crippen LogP contribution in [-0.2, 0) is 25.7 Å². The molecule has 1 N–H and O–H groups in total. The zero-order valence-corrected chi connectivity index (χ0v) is 16.9. The highest BCUT2D eigenvalue weighted by molar-refractivity contribution is 7.85. The predicted octanol–water partition coefficient (Wildman–Crippen LogP) is 3.91. The van der Waals surface area contributed by atoms with Crippen LogP contribution < -0.4 is 5.32 Å². The molecular formula is C21H25NO4S. The van der Waals surface area contributed by atoms with Crippen molar-refractivity contribution in [2.24, 2.45) is 0 Å². The first-order valence-corrected chi connectivity index (χ1v) is 10.1. The average molecular weight is 388 g/mol. The van der Waals surface area contributed by atoms with Gasteiger partial charge in [0.05, 0.1) is 21.3 Å². The second-order valence-corrected chi connectivity index (χ2v) is 8.79. The van der Waals surface area contributed by atoms with Crippen LogP contribution in [0.4, 0.5) is 5.69 Å². The first-order chi connectivity index (χ1) is 12.7. The molecule has 0 bridgehead atoms. The molecule has 0 radical (unpaired) electrons. The van der Waals surface area contributed by atoms with Gasteiger partial charge in [-0.3, -0.25) is 9.00 Å². The Labute approximate surface area is 162 Å². The second-order valence-electron chi connectivity index (χ2n) is 7.08. The lowest BCUT2D eigenvalue weighted by molar-refractivity contribution is -0.119. The number of hydrogen-bond donors (Lipinski definition) is 1. The van der Waals surface area contributed by atoms with Crippen LogP contribution >= 0.6 is 0 Å². The Morgan fingerprint density at radius 2 is 1.67 bits per heavy atom. The summed E-state index contributed by atoms with van der Waals surface area (Å²) in [5.41, 5.74) is 2.05. The highest BCUT2D eigenvalue weighted by Crippen LogP contribution is 2.23. The number of hydrogen-bond acceptors (Lipinski definition) is 4. The fourth-order valence-electron chi connectivity index (χ4n) is 2.45. The molecule has 1 amide bonds. The van der Waals surface area contributed by atoms with Crippen molar-refractivity contribution in [3.05, 3.63) is 59.7 Å². The topological polar surface area (TPSA) is 72.5 Å². The number of benzene rings is 2. The molecular weight excluding hydrogens is 362 g/mol. The van der Waals surface area contributed by atoms with Gasteiger partial charge in [0.1, 0.15) is 0 Å². The maximum atomic E-state index is 12.3. The molecule has 144 valence electrons. The predicted molar refractivity (Wildman–Crippen MR) is 107 cm³/mol. The Hall–Kier alpha value is -2.47. The van der Waals surface area contributed by atoms with Crippen molar-refractivity contribution in [3.8, 4) is 0 Å². The molecule has 0 saturated heterocycles. The van der Waals surface area contributed by atoms with Gasteiger partial charge in [0, 0.05) is 11.4 Å². The fraction of sp³-hybridized carbons (Fsp3) is 0.333. The van der Waals surface area contributed by atoms with E-state index in [9.17, 15) is 13.8 Å². The molecule has 5 nitrogen and oxygen atoms in total. The van der Waals surface area contributed by atoms with Gasteiger partial charge in [0.25, 0.3) is 5.91 Å². The molecule has 27 heavy (non-hydrogen) atoms. The third kappa shape index (κ3) is 5.76. The molecule has 0 aromatic heterocycles. The number of carbonyl (C=O) groups is 2. The molecule has 0 fully saturated rings. The SMILES string of the molecule is CC[S@@](=O)c1ccccc1C(=O)OCC(=O)Nc1ccc(C(C)(C)C)cc1. The Kier molecular flexibility index (Phi) is 6.91. The van der Waals surface area contributed by atoms with Crippen LogP contribution in [0.25, 0.3) is 0 Å². The first kappa shape index (κ1) is 20.8. The summed E-state index contributed by atoms with van der Waals surface area (Å²) in [6.45, 7) is 7.71. The number of nitrogens with one attached hydrogen (secondary N) is 1.